The molecule has 1 aromatic carbocycles. The maximum absolute atomic E-state index is 13.0. The molecular weight excluding hydrogens is 366 g/mol. The van der Waals surface area contributed by atoms with Crippen LogP contribution in [0, 0.1) is 6.92 Å². The van der Waals surface area contributed by atoms with E-state index in [0.29, 0.717) is 42.5 Å². The number of rotatable bonds is 6. The molecule has 2 aromatic rings. The second kappa shape index (κ2) is 7.64. The fraction of sp³-hybridized carbons (Fsp3) is 0.421. The summed E-state index contributed by atoms with van der Waals surface area (Å²) in [5.74, 6) is 0.333. The maximum Gasteiger partial charge on any atom is 0.270 e. The number of para-hydroxylation sites is 2. The Kier molecular flexibility index (Phi) is 5.46. The number of ether oxygens (including phenoxy) is 1. The third-order valence-electron chi connectivity index (χ3n) is 4.82. The first-order valence-electron chi connectivity index (χ1n) is 9.05. The number of nitrogens with one attached hydrogen (secondary N) is 1. The van der Waals surface area contributed by atoms with Crippen LogP contribution in [0.4, 0.5) is 5.69 Å². The Morgan fingerprint density at radius 2 is 1.89 bits per heavy atom. The molecule has 0 aliphatic carbocycles. The first kappa shape index (κ1) is 19.3. The Labute approximate surface area is 160 Å². The minimum atomic E-state index is -3.87. The number of nitrogens with zero attached hydrogens (tertiary/aromatic N) is 2. The van der Waals surface area contributed by atoms with Gasteiger partial charge in [-0.15, -0.1) is 0 Å². The highest BCUT2D eigenvalue weighted by molar-refractivity contribution is 7.92. The maximum atomic E-state index is 13.0. The van der Waals surface area contributed by atoms with Crippen molar-refractivity contribution in [1.29, 1.82) is 0 Å². The number of sulfonamides is 1. The van der Waals surface area contributed by atoms with Gasteiger partial charge in [-0.2, -0.15) is 0 Å². The standard InChI is InChI=1S/C19H25N3O4S/c1-4-26-17-10-6-5-9-15(17)20-27(24,25)18-13-16(21(3)14(18)2)19(23)22-11-7-8-12-22/h5-6,9-10,13,20H,4,7-8,11-12H2,1-3H3. The van der Waals surface area contributed by atoms with Crippen LogP contribution in [-0.4, -0.2) is 43.5 Å². The van der Waals surface area contributed by atoms with E-state index in [1.165, 1.54) is 6.07 Å². The Bertz CT molecular complexity index is 944. The molecule has 1 fully saturated rings. The van der Waals surface area contributed by atoms with Crippen molar-refractivity contribution in [3.05, 3.63) is 41.7 Å². The number of anilines is 1. The molecule has 1 aliphatic heterocycles. The molecule has 1 N–H and O–H groups in total. The summed E-state index contributed by atoms with van der Waals surface area (Å²) in [6.07, 6.45) is 1.96. The average molecular weight is 391 g/mol. The molecular formula is C19H25N3O4S. The lowest BCUT2D eigenvalue weighted by Crippen LogP contribution is -2.29. The number of benzene rings is 1. The molecule has 27 heavy (non-hydrogen) atoms. The Balaban J connectivity index is 1.93. The molecule has 0 unspecified atom stereocenters. The summed E-state index contributed by atoms with van der Waals surface area (Å²) in [4.78, 5) is 14.6. The summed E-state index contributed by atoms with van der Waals surface area (Å²) < 4.78 is 35.7. The van der Waals surface area contributed by atoms with E-state index >= 15 is 0 Å². The van der Waals surface area contributed by atoms with Gasteiger partial charge in [-0.1, -0.05) is 12.1 Å². The number of hydrogen-bond acceptors (Lipinski definition) is 4. The van der Waals surface area contributed by atoms with Crippen molar-refractivity contribution in [3.63, 3.8) is 0 Å². The van der Waals surface area contributed by atoms with Crippen LogP contribution >= 0.6 is 0 Å². The summed E-state index contributed by atoms with van der Waals surface area (Å²) >= 11 is 0. The van der Waals surface area contributed by atoms with Gasteiger partial charge in [0, 0.05) is 25.8 Å². The van der Waals surface area contributed by atoms with E-state index in [2.05, 4.69) is 4.72 Å². The van der Waals surface area contributed by atoms with Crippen LogP contribution in [0.25, 0.3) is 0 Å². The van der Waals surface area contributed by atoms with Crippen molar-refractivity contribution < 1.29 is 17.9 Å². The molecule has 3 rings (SSSR count). The van der Waals surface area contributed by atoms with E-state index in [4.69, 9.17) is 4.74 Å². The lowest BCUT2D eigenvalue weighted by molar-refractivity contribution is 0.0783. The second-order valence-electron chi connectivity index (χ2n) is 6.57. The van der Waals surface area contributed by atoms with Crippen molar-refractivity contribution in [2.45, 2.75) is 31.6 Å². The first-order valence-corrected chi connectivity index (χ1v) is 10.5. The van der Waals surface area contributed by atoms with Gasteiger partial charge >= 0.3 is 0 Å². The van der Waals surface area contributed by atoms with Gasteiger partial charge in [-0.05, 0) is 44.9 Å². The molecule has 0 saturated carbocycles. The highest BCUT2D eigenvalue weighted by Crippen LogP contribution is 2.29. The lowest BCUT2D eigenvalue weighted by Gasteiger charge is -2.15. The summed E-state index contributed by atoms with van der Waals surface area (Å²) in [5, 5.41) is 0. The normalized spacial score (nSPS) is 14.4. The van der Waals surface area contributed by atoms with Crippen molar-refractivity contribution in [1.82, 2.24) is 9.47 Å². The number of hydrogen-bond donors (Lipinski definition) is 1. The summed E-state index contributed by atoms with van der Waals surface area (Å²) in [7, 11) is -2.15. The van der Waals surface area contributed by atoms with Crippen molar-refractivity contribution >= 4 is 21.6 Å². The molecule has 1 aromatic heterocycles. The number of aromatic nitrogens is 1. The second-order valence-corrected chi connectivity index (χ2v) is 8.22. The summed E-state index contributed by atoms with van der Waals surface area (Å²) in [6, 6.07) is 8.34. The van der Waals surface area contributed by atoms with Gasteiger partial charge in [0.25, 0.3) is 15.9 Å². The minimum Gasteiger partial charge on any atom is -0.492 e. The summed E-state index contributed by atoms with van der Waals surface area (Å²) in [6.45, 7) is 5.39. The van der Waals surface area contributed by atoms with Crippen LogP contribution in [0.15, 0.2) is 35.2 Å². The zero-order chi connectivity index (χ0) is 19.6. The fourth-order valence-electron chi connectivity index (χ4n) is 3.26. The van der Waals surface area contributed by atoms with Crippen LogP contribution < -0.4 is 9.46 Å². The first-order chi connectivity index (χ1) is 12.8. The average Bonchev–Trinajstić information content (AvgIpc) is 3.26. The number of likely N-dealkylation sites (tertiary alicyclic amines) is 1. The molecule has 146 valence electrons. The van der Waals surface area contributed by atoms with Crippen LogP contribution in [0.2, 0.25) is 0 Å². The highest BCUT2D eigenvalue weighted by atomic mass is 32.2. The smallest absolute Gasteiger partial charge is 0.270 e. The number of carbonyl (C=O) groups excluding carboxylic acids is 1. The molecule has 8 heteroatoms. The monoisotopic (exact) mass is 391 g/mol. The molecule has 1 amide bonds. The Morgan fingerprint density at radius 3 is 2.56 bits per heavy atom. The van der Waals surface area contributed by atoms with Gasteiger partial charge in [0.1, 0.15) is 16.3 Å². The van der Waals surface area contributed by atoms with Crippen molar-refractivity contribution in [2.75, 3.05) is 24.4 Å². The molecule has 2 heterocycles. The van der Waals surface area contributed by atoms with Gasteiger partial charge in [-0.25, -0.2) is 8.42 Å². The van der Waals surface area contributed by atoms with Crippen LogP contribution in [0.1, 0.15) is 35.9 Å². The van der Waals surface area contributed by atoms with E-state index in [1.807, 2.05) is 6.92 Å². The van der Waals surface area contributed by atoms with Crippen LogP contribution in [0.5, 0.6) is 5.75 Å². The van der Waals surface area contributed by atoms with E-state index in [0.717, 1.165) is 12.8 Å². The number of carbonyl (C=O) groups is 1. The van der Waals surface area contributed by atoms with Gasteiger partial charge in [0.2, 0.25) is 0 Å². The van der Waals surface area contributed by atoms with Gasteiger partial charge < -0.3 is 14.2 Å². The zero-order valence-corrected chi connectivity index (χ0v) is 16.7. The molecule has 1 saturated heterocycles. The third-order valence-corrected chi connectivity index (χ3v) is 6.30. The highest BCUT2D eigenvalue weighted by Gasteiger charge is 2.28. The van der Waals surface area contributed by atoms with Crippen molar-refractivity contribution in [3.8, 4) is 5.75 Å². The Hall–Kier alpha value is -2.48. The third kappa shape index (κ3) is 3.80. The molecule has 0 atom stereocenters. The Morgan fingerprint density at radius 1 is 1.22 bits per heavy atom. The van der Waals surface area contributed by atoms with Gasteiger partial charge in [-0.3, -0.25) is 9.52 Å². The quantitative estimate of drug-likeness (QED) is 0.821. The fourth-order valence-corrected chi connectivity index (χ4v) is 4.62. The van der Waals surface area contributed by atoms with Crippen LogP contribution in [-0.2, 0) is 17.1 Å². The van der Waals surface area contributed by atoms with E-state index < -0.39 is 10.0 Å². The largest absolute Gasteiger partial charge is 0.492 e. The van der Waals surface area contributed by atoms with E-state index in [1.54, 1.807) is 47.7 Å². The van der Waals surface area contributed by atoms with Crippen LogP contribution in [0.3, 0.4) is 0 Å². The molecule has 1 aliphatic rings. The SMILES string of the molecule is CCOc1ccccc1NS(=O)(=O)c1cc(C(=O)N2CCCC2)n(C)c1C. The zero-order valence-electron chi connectivity index (χ0n) is 15.9. The molecule has 7 nitrogen and oxygen atoms in total. The summed E-state index contributed by atoms with van der Waals surface area (Å²) in [5.41, 5.74) is 1.27. The lowest BCUT2D eigenvalue weighted by atomic mass is 10.3. The van der Waals surface area contributed by atoms with E-state index in [-0.39, 0.29) is 10.8 Å². The predicted octanol–water partition coefficient (Wildman–Crippen LogP) is 2.77. The molecule has 0 spiro atoms. The predicted molar refractivity (Wildman–Crippen MR) is 104 cm³/mol. The van der Waals surface area contributed by atoms with Crippen molar-refractivity contribution in [2.24, 2.45) is 7.05 Å². The van der Waals surface area contributed by atoms with E-state index in [9.17, 15) is 13.2 Å². The molecule has 0 bridgehead atoms. The minimum absolute atomic E-state index is 0.0962. The number of amides is 1. The van der Waals surface area contributed by atoms with Gasteiger partial charge in [0.05, 0.1) is 12.3 Å². The topological polar surface area (TPSA) is 80.6 Å². The van der Waals surface area contributed by atoms with Gasteiger partial charge in [0.15, 0.2) is 0 Å². The molecule has 0 radical (unpaired) electrons.